The number of nitrogens with one attached hydrogen (secondary N) is 1. The molecule has 0 bridgehead atoms. The lowest BCUT2D eigenvalue weighted by Gasteiger charge is -2.33. The Morgan fingerprint density at radius 3 is 2.48 bits per heavy atom. The maximum atomic E-state index is 13.3. The smallest absolute Gasteiger partial charge is 0.353 e. The van der Waals surface area contributed by atoms with Crippen molar-refractivity contribution in [1.82, 2.24) is 14.9 Å². The molecule has 6 nitrogen and oxygen atoms in total. The molecule has 2 heterocycles. The molecule has 1 aliphatic rings. The minimum Gasteiger partial charge on any atom is -0.353 e. The number of aryl methyl sites for hydroxylation is 1. The van der Waals surface area contributed by atoms with Gasteiger partial charge in [-0.15, -0.1) is 0 Å². The van der Waals surface area contributed by atoms with E-state index in [1.54, 1.807) is 17.9 Å². The van der Waals surface area contributed by atoms with Crippen molar-refractivity contribution in [2.75, 3.05) is 36.4 Å². The van der Waals surface area contributed by atoms with Crippen LogP contribution >= 0.6 is 11.6 Å². The predicted octanol–water partition coefficient (Wildman–Crippen LogP) is 3.48. The highest BCUT2D eigenvalue weighted by Crippen LogP contribution is 2.37. The van der Waals surface area contributed by atoms with Crippen molar-refractivity contribution >= 4 is 35.5 Å². The van der Waals surface area contributed by atoms with Crippen molar-refractivity contribution in [3.63, 3.8) is 0 Å². The van der Waals surface area contributed by atoms with Gasteiger partial charge in [0.05, 0.1) is 11.3 Å². The molecule has 27 heavy (non-hydrogen) atoms. The molecule has 0 atom stereocenters. The van der Waals surface area contributed by atoms with Crippen LogP contribution in [0.2, 0.25) is 5.02 Å². The zero-order chi connectivity index (χ0) is 19.6. The Bertz CT molecular complexity index is 838. The van der Waals surface area contributed by atoms with E-state index in [-0.39, 0.29) is 16.7 Å². The van der Waals surface area contributed by atoms with Crippen LogP contribution in [0.4, 0.5) is 30.6 Å². The van der Waals surface area contributed by atoms with Crippen LogP contribution in [0.15, 0.2) is 24.3 Å². The van der Waals surface area contributed by atoms with Crippen LogP contribution in [0.25, 0.3) is 0 Å². The van der Waals surface area contributed by atoms with E-state index in [4.69, 9.17) is 11.6 Å². The van der Waals surface area contributed by atoms with Crippen molar-refractivity contribution in [1.29, 1.82) is 0 Å². The molecule has 1 amide bonds. The van der Waals surface area contributed by atoms with Crippen LogP contribution in [0.5, 0.6) is 0 Å². The number of rotatable bonds is 4. The number of amides is 1. The molecule has 1 aromatic heterocycles. The Hall–Kier alpha value is -2.55. The number of carbonyl (C=O) groups excluding carboxylic acids is 1. The number of piperazine rings is 1. The number of aromatic nitrogens is 2. The van der Waals surface area contributed by atoms with E-state index in [2.05, 4.69) is 15.3 Å². The molecule has 2 aromatic rings. The van der Waals surface area contributed by atoms with Crippen molar-refractivity contribution in [3.05, 3.63) is 40.5 Å². The summed E-state index contributed by atoms with van der Waals surface area (Å²) in [5.74, 6) is 0.661. The van der Waals surface area contributed by atoms with Crippen LogP contribution in [-0.2, 0) is 11.0 Å². The van der Waals surface area contributed by atoms with E-state index in [1.165, 1.54) is 12.1 Å². The summed E-state index contributed by atoms with van der Waals surface area (Å²) in [6.45, 7) is 4.03. The fourth-order valence-electron chi connectivity index (χ4n) is 2.81. The lowest BCUT2D eigenvalue weighted by atomic mass is 10.1. The van der Waals surface area contributed by atoms with E-state index in [0.29, 0.717) is 37.7 Å². The third-order valence-corrected chi connectivity index (χ3v) is 4.40. The average Bonchev–Trinajstić information content (AvgIpc) is 2.62. The minimum atomic E-state index is -4.56. The topological polar surface area (TPSA) is 61.4 Å². The first-order valence-corrected chi connectivity index (χ1v) is 8.58. The van der Waals surface area contributed by atoms with E-state index >= 15 is 0 Å². The van der Waals surface area contributed by atoms with E-state index in [1.807, 2.05) is 4.90 Å². The van der Waals surface area contributed by atoms with E-state index in [0.717, 1.165) is 12.5 Å². The summed E-state index contributed by atoms with van der Waals surface area (Å²) < 4.78 is 39.8. The van der Waals surface area contributed by atoms with Gasteiger partial charge in [0.1, 0.15) is 5.82 Å². The van der Waals surface area contributed by atoms with E-state index < -0.39 is 11.7 Å². The summed E-state index contributed by atoms with van der Waals surface area (Å²) in [6.07, 6.45) is -3.76. The molecule has 0 radical (unpaired) electrons. The van der Waals surface area contributed by atoms with Crippen LogP contribution < -0.4 is 10.2 Å². The van der Waals surface area contributed by atoms with Crippen LogP contribution in [0, 0.1) is 6.92 Å². The first-order chi connectivity index (χ1) is 12.8. The molecule has 3 rings (SSSR count). The van der Waals surface area contributed by atoms with Gasteiger partial charge < -0.3 is 15.1 Å². The highest BCUT2D eigenvalue weighted by molar-refractivity contribution is 6.30. The largest absolute Gasteiger partial charge is 0.418 e. The molecule has 0 unspecified atom stereocenters. The molecule has 0 spiro atoms. The molecule has 1 N–H and O–H groups in total. The van der Waals surface area contributed by atoms with Crippen molar-refractivity contribution < 1.29 is 18.0 Å². The number of alkyl halides is 3. The maximum absolute atomic E-state index is 13.3. The maximum Gasteiger partial charge on any atom is 0.418 e. The Morgan fingerprint density at radius 1 is 1.15 bits per heavy atom. The molecule has 1 fully saturated rings. The third kappa shape index (κ3) is 4.60. The number of halogens is 4. The van der Waals surface area contributed by atoms with Gasteiger partial charge in [0, 0.05) is 43.0 Å². The Labute approximate surface area is 159 Å². The third-order valence-electron chi connectivity index (χ3n) is 4.16. The SMILES string of the molecule is Cc1cc(N2CCN(C=O)CC2)nc(Nc2ccc(Cl)cc2C(F)(F)F)n1. The molecule has 1 aromatic carbocycles. The van der Waals surface area contributed by atoms with Gasteiger partial charge in [0.15, 0.2) is 0 Å². The molecule has 0 aliphatic carbocycles. The molecule has 0 saturated carbocycles. The normalized spacial score (nSPS) is 15.0. The second-order valence-electron chi connectivity index (χ2n) is 6.13. The molecular formula is C17H17ClF3N5O. The number of hydrogen-bond acceptors (Lipinski definition) is 5. The highest BCUT2D eigenvalue weighted by Gasteiger charge is 2.34. The van der Waals surface area contributed by atoms with Crippen LogP contribution in [-0.4, -0.2) is 47.5 Å². The second-order valence-corrected chi connectivity index (χ2v) is 6.57. The number of nitrogens with zero attached hydrogens (tertiary/aromatic N) is 4. The van der Waals surface area contributed by atoms with Crippen molar-refractivity contribution in [3.8, 4) is 0 Å². The van der Waals surface area contributed by atoms with E-state index in [9.17, 15) is 18.0 Å². The van der Waals surface area contributed by atoms with Gasteiger partial charge in [0.2, 0.25) is 12.4 Å². The molecule has 1 aliphatic heterocycles. The predicted molar refractivity (Wildman–Crippen MR) is 96.4 cm³/mol. The quantitative estimate of drug-likeness (QED) is 0.797. The highest BCUT2D eigenvalue weighted by atomic mass is 35.5. The number of anilines is 3. The van der Waals surface area contributed by atoms with Crippen molar-refractivity contribution in [2.45, 2.75) is 13.1 Å². The van der Waals surface area contributed by atoms with Gasteiger partial charge in [-0.1, -0.05) is 11.6 Å². The number of hydrogen-bond donors (Lipinski definition) is 1. The summed E-state index contributed by atoms with van der Waals surface area (Å²) in [6, 6.07) is 5.24. The fraction of sp³-hybridized carbons (Fsp3) is 0.353. The zero-order valence-electron chi connectivity index (χ0n) is 14.4. The Kier molecular flexibility index (Phi) is 5.41. The summed E-state index contributed by atoms with van der Waals surface area (Å²) in [5, 5.41) is 2.64. The molecule has 1 saturated heterocycles. The van der Waals surface area contributed by atoms with Gasteiger partial charge in [0.25, 0.3) is 0 Å². The first-order valence-electron chi connectivity index (χ1n) is 8.20. The minimum absolute atomic E-state index is 0.00762. The Balaban J connectivity index is 1.87. The number of benzene rings is 1. The van der Waals surface area contributed by atoms with Gasteiger partial charge >= 0.3 is 6.18 Å². The van der Waals surface area contributed by atoms with Gasteiger partial charge in [-0.3, -0.25) is 4.79 Å². The Morgan fingerprint density at radius 2 is 1.85 bits per heavy atom. The zero-order valence-corrected chi connectivity index (χ0v) is 15.2. The number of carbonyl (C=O) groups is 1. The summed E-state index contributed by atoms with van der Waals surface area (Å²) in [4.78, 5) is 23.0. The summed E-state index contributed by atoms with van der Waals surface area (Å²) in [7, 11) is 0. The lowest BCUT2D eigenvalue weighted by molar-refractivity contribution is -0.136. The fourth-order valence-corrected chi connectivity index (χ4v) is 2.98. The van der Waals surface area contributed by atoms with Gasteiger partial charge in [-0.25, -0.2) is 4.98 Å². The monoisotopic (exact) mass is 399 g/mol. The van der Waals surface area contributed by atoms with Crippen molar-refractivity contribution in [2.24, 2.45) is 0 Å². The molecular weight excluding hydrogens is 383 g/mol. The first kappa shape index (κ1) is 19.2. The molecule has 144 valence electrons. The molecule has 10 heteroatoms. The average molecular weight is 400 g/mol. The second kappa shape index (κ2) is 7.59. The van der Waals surface area contributed by atoms with Crippen LogP contribution in [0.1, 0.15) is 11.3 Å². The summed E-state index contributed by atoms with van der Waals surface area (Å²) >= 11 is 5.71. The lowest BCUT2D eigenvalue weighted by Crippen LogP contribution is -2.46. The van der Waals surface area contributed by atoms with Gasteiger partial charge in [-0.2, -0.15) is 18.2 Å². The standard InChI is InChI=1S/C17H17ClF3N5O/c1-11-8-15(26-6-4-25(10-27)5-7-26)24-16(22-11)23-14-3-2-12(18)9-13(14)17(19,20)21/h2-3,8-10H,4-7H2,1H3,(H,22,23,24). The van der Waals surface area contributed by atoms with Gasteiger partial charge in [-0.05, 0) is 25.1 Å². The van der Waals surface area contributed by atoms with Crippen LogP contribution in [0.3, 0.4) is 0 Å². The summed E-state index contributed by atoms with van der Waals surface area (Å²) in [5.41, 5.74) is -0.446.